The van der Waals surface area contributed by atoms with Crippen molar-refractivity contribution >= 4 is 21.8 Å². The monoisotopic (exact) mass is 304 g/mol. The molecule has 0 saturated carbocycles. The highest BCUT2D eigenvalue weighted by Crippen LogP contribution is 2.24. The van der Waals surface area contributed by atoms with Gasteiger partial charge < -0.3 is 10.5 Å². The summed E-state index contributed by atoms with van der Waals surface area (Å²) in [5, 5.41) is 0.212. The van der Waals surface area contributed by atoms with Gasteiger partial charge in [-0.05, 0) is 24.0 Å². The van der Waals surface area contributed by atoms with Crippen LogP contribution in [0, 0.1) is 0 Å². The largest absolute Gasteiger partial charge is 0.495 e. The Morgan fingerprint density at radius 1 is 1.47 bits per heavy atom. The van der Waals surface area contributed by atoms with Crippen LogP contribution in [0.2, 0.25) is 0 Å². The van der Waals surface area contributed by atoms with Gasteiger partial charge in [-0.15, -0.1) is 0 Å². The van der Waals surface area contributed by atoms with Gasteiger partial charge in [0.25, 0.3) is 0 Å². The molecule has 1 unspecified atom stereocenters. The number of nitrogens with two attached hydrogens (primary N) is 1. The highest BCUT2D eigenvalue weighted by atomic mass is 32.2. The maximum atomic E-state index is 12.2. The Balaban J connectivity index is 3.00. The van der Waals surface area contributed by atoms with Crippen molar-refractivity contribution in [2.75, 3.05) is 19.9 Å². The van der Waals surface area contributed by atoms with Crippen molar-refractivity contribution in [3.8, 4) is 5.75 Å². The second-order valence-corrected chi connectivity index (χ2v) is 7.10. The van der Waals surface area contributed by atoms with Crippen LogP contribution in [0.25, 0.3) is 0 Å². The van der Waals surface area contributed by atoms with E-state index in [2.05, 4.69) is 4.72 Å². The summed E-state index contributed by atoms with van der Waals surface area (Å²) in [6.07, 6.45) is 1.94. The number of thioether (sulfide) groups is 1. The minimum absolute atomic E-state index is 0.139. The van der Waals surface area contributed by atoms with Crippen molar-refractivity contribution in [3.63, 3.8) is 0 Å². The summed E-state index contributed by atoms with van der Waals surface area (Å²) < 4.78 is 32.1. The summed E-state index contributed by atoms with van der Waals surface area (Å²) in [7, 11) is -2.12. The zero-order chi connectivity index (χ0) is 14.5. The number of sulfonamides is 1. The summed E-state index contributed by atoms with van der Waals surface area (Å²) in [5.41, 5.74) is 6.35. The average Bonchev–Trinajstić information content (AvgIpc) is 2.43. The quantitative estimate of drug-likeness (QED) is 0.790. The molecule has 1 aromatic carbocycles. The van der Waals surface area contributed by atoms with Gasteiger partial charge in [0.2, 0.25) is 10.0 Å². The van der Waals surface area contributed by atoms with E-state index in [1.807, 2.05) is 13.2 Å². The minimum atomic E-state index is -3.56. The van der Waals surface area contributed by atoms with Gasteiger partial charge in [0.1, 0.15) is 10.6 Å². The third-order valence-electron chi connectivity index (χ3n) is 2.72. The molecular weight excluding hydrogens is 284 g/mol. The Morgan fingerprint density at radius 2 is 2.16 bits per heavy atom. The lowest BCUT2D eigenvalue weighted by Gasteiger charge is -2.13. The van der Waals surface area contributed by atoms with E-state index in [-0.39, 0.29) is 10.1 Å². The van der Waals surface area contributed by atoms with Crippen LogP contribution in [0.1, 0.15) is 12.5 Å². The number of methoxy groups -OCH3 is 1. The molecule has 3 N–H and O–H groups in total. The van der Waals surface area contributed by atoms with Crippen LogP contribution < -0.4 is 15.2 Å². The van der Waals surface area contributed by atoms with E-state index in [0.29, 0.717) is 18.8 Å². The predicted octanol–water partition coefficient (Wildman–Crippen LogP) is 1.18. The molecule has 0 saturated heterocycles. The van der Waals surface area contributed by atoms with Crippen LogP contribution >= 0.6 is 11.8 Å². The van der Waals surface area contributed by atoms with Crippen molar-refractivity contribution < 1.29 is 13.2 Å². The molecule has 0 fully saturated rings. The van der Waals surface area contributed by atoms with Crippen LogP contribution in [-0.2, 0) is 16.6 Å². The summed E-state index contributed by atoms with van der Waals surface area (Å²) in [5.74, 6) is 0.312. The van der Waals surface area contributed by atoms with E-state index in [4.69, 9.17) is 10.5 Å². The zero-order valence-corrected chi connectivity index (χ0v) is 13.0. The summed E-state index contributed by atoms with van der Waals surface area (Å²) in [4.78, 5) is 0.139. The SMILES string of the molecule is COc1cc(CN)ccc1S(=O)(=O)NCC(C)SC. The van der Waals surface area contributed by atoms with Gasteiger partial charge in [-0.3, -0.25) is 0 Å². The van der Waals surface area contributed by atoms with E-state index in [1.165, 1.54) is 13.2 Å². The number of nitrogens with one attached hydrogen (secondary N) is 1. The Morgan fingerprint density at radius 3 is 2.68 bits per heavy atom. The molecular formula is C12H20N2O3S2. The highest BCUT2D eigenvalue weighted by molar-refractivity contribution is 7.99. The first-order valence-corrected chi connectivity index (χ1v) is 8.61. The molecule has 0 spiro atoms. The molecule has 0 bridgehead atoms. The van der Waals surface area contributed by atoms with Gasteiger partial charge in [-0.2, -0.15) is 11.8 Å². The Hall–Kier alpha value is -0.760. The predicted molar refractivity (Wildman–Crippen MR) is 79.1 cm³/mol. The highest BCUT2D eigenvalue weighted by Gasteiger charge is 2.20. The lowest BCUT2D eigenvalue weighted by molar-refractivity contribution is 0.401. The molecule has 0 aliphatic heterocycles. The maximum Gasteiger partial charge on any atom is 0.244 e. The first kappa shape index (κ1) is 16.3. The molecule has 0 heterocycles. The molecule has 1 atom stereocenters. The molecule has 19 heavy (non-hydrogen) atoms. The van der Waals surface area contributed by atoms with Gasteiger partial charge >= 0.3 is 0 Å². The third kappa shape index (κ3) is 4.38. The molecule has 0 radical (unpaired) electrons. The van der Waals surface area contributed by atoms with E-state index in [0.717, 1.165) is 5.56 Å². The van der Waals surface area contributed by atoms with Crippen molar-refractivity contribution in [1.82, 2.24) is 4.72 Å². The Labute approximate surface area is 119 Å². The van der Waals surface area contributed by atoms with Crippen LogP contribution in [0.15, 0.2) is 23.1 Å². The normalized spacial score (nSPS) is 13.3. The van der Waals surface area contributed by atoms with Crippen molar-refractivity contribution in [2.24, 2.45) is 5.73 Å². The maximum absolute atomic E-state index is 12.2. The van der Waals surface area contributed by atoms with Crippen LogP contribution in [0.3, 0.4) is 0 Å². The molecule has 0 aromatic heterocycles. The molecule has 7 heteroatoms. The number of benzene rings is 1. The second-order valence-electron chi connectivity index (χ2n) is 4.09. The molecule has 0 amide bonds. The zero-order valence-electron chi connectivity index (χ0n) is 11.3. The van der Waals surface area contributed by atoms with Gasteiger partial charge in [-0.1, -0.05) is 13.0 Å². The summed E-state index contributed by atoms with van der Waals surface area (Å²) in [6, 6.07) is 4.86. The molecule has 108 valence electrons. The lowest BCUT2D eigenvalue weighted by atomic mass is 10.2. The number of hydrogen-bond donors (Lipinski definition) is 2. The van der Waals surface area contributed by atoms with Crippen molar-refractivity contribution in [2.45, 2.75) is 23.6 Å². The summed E-state index contributed by atoms with van der Waals surface area (Å²) >= 11 is 1.60. The standard InChI is InChI=1S/C12H20N2O3S2/c1-9(18-3)8-14-19(15,16)12-5-4-10(7-13)6-11(12)17-2/h4-6,9,14H,7-8,13H2,1-3H3. The van der Waals surface area contributed by atoms with Gasteiger partial charge in [0, 0.05) is 18.3 Å². The van der Waals surface area contributed by atoms with Gasteiger partial charge in [0.05, 0.1) is 7.11 Å². The number of ether oxygens (including phenoxy) is 1. The molecule has 1 rings (SSSR count). The van der Waals surface area contributed by atoms with Crippen molar-refractivity contribution in [1.29, 1.82) is 0 Å². The van der Waals surface area contributed by atoms with E-state index >= 15 is 0 Å². The van der Waals surface area contributed by atoms with Crippen LogP contribution in [0.5, 0.6) is 5.75 Å². The first-order chi connectivity index (χ1) is 8.94. The molecule has 5 nitrogen and oxygen atoms in total. The van der Waals surface area contributed by atoms with Crippen LogP contribution in [-0.4, -0.2) is 33.6 Å². The second kappa shape index (κ2) is 7.14. The van der Waals surface area contributed by atoms with Crippen molar-refractivity contribution in [3.05, 3.63) is 23.8 Å². The van der Waals surface area contributed by atoms with Crippen LogP contribution in [0.4, 0.5) is 0 Å². The lowest BCUT2D eigenvalue weighted by Crippen LogP contribution is -2.29. The fourth-order valence-corrected chi connectivity index (χ4v) is 3.08. The topological polar surface area (TPSA) is 81.4 Å². The molecule has 0 aliphatic rings. The van der Waals surface area contributed by atoms with Gasteiger partial charge in [-0.25, -0.2) is 13.1 Å². The third-order valence-corrected chi connectivity index (χ3v) is 5.15. The minimum Gasteiger partial charge on any atom is -0.495 e. The fraction of sp³-hybridized carbons (Fsp3) is 0.500. The van der Waals surface area contributed by atoms with E-state index < -0.39 is 10.0 Å². The Kier molecular flexibility index (Phi) is 6.12. The van der Waals surface area contributed by atoms with E-state index in [1.54, 1.807) is 23.9 Å². The Bertz CT molecular complexity index is 518. The number of hydrogen-bond acceptors (Lipinski definition) is 5. The van der Waals surface area contributed by atoms with Gasteiger partial charge in [0.15, 0.2) is 0 Å². The fourth-order valence-electron chi connectivity index (χ4n) is 1.45. The smallest absolute Gasteiger partial charge is 0.244 e. The average molecular weight is 304 g/mol. The molecule has 1 aromatic rings. The first-order valence-electron chi connectivity index (χ1n) is 5.84. The number of rotatable bonds is 7. The van der Waals surface area contributed by atoms with E-state index in [9.17, 15) is 8.42 Å². The summed E-state index contributed by atoms with van der Waals surface area (Å²) in [6.45, 7) is 2.68. The molecule has 0 aliphatic carbocycles.